The van der Waals surface area contributed by atoms with Crippen LogP contribution in [0.3, 0.4) is 0 Å². The average Bonchev–Trinajstić information content (AvgIpc) is 2.98. The highest BCUT2D eigenvalue weighted by Gasteiger charge is 2.24. The van der Waals surface area contributed by atoms with Crippen LogP contribution >= 0.6 is 0 Å². The molecule has 2 saturated heterocycles. The number of carbonyl (C=O) groups is 2. The first-order chi connectivity index (χ1) is 13.7. The third kappa shape index (κ3) is 5.96. The molecule has 28 heavy (non-hydrogen) atoms. The zero-order valence-electron chi connectivity index (χ0n) is 17.0. The number of rotatable bonds is 5. The minimum atomic E-state index is -0.341. The SMILES string of the molecule is CCOC(=O)c1ccc(NC(=O)N2CCC(CN3CCCCCC3)CC2)cc1. The van der Waals surface area contributed by atoms with E-state index in [9.17, 15) is 9.59 Å². The van der Waals surface area contributed by atoms with Gasteiger partial charge < -0.3 is 19.9 Å². The molecule has 0 radical (unpaired) electrons. The highest BCUT2D eigenvalue weighted by Crippen LogP contribution is 2.21. The summed E-state index contributed by atoms with van der Waals surface area (Å²) in [5.74, 6) is 0.359. The maximum atomic E-state index is 12.5. The van der Waals surface area contributed by atoms with E-state index in [2.05, 4.69) is 10.2 Å². The van der Waals surface area contributed by atoms with Crippen molar-refractivity contribution >= 4 is 17.7 Å². The summed E-state index contributed by atoms with van der Waals surface area (Å²) in [4.78, 5) is 28.8. The minimum Gasteiger partial charge on any atom is -0.462 e. The van der Waals surface area contributed by atoms with Gasteiger partial charge in [-0.15, -0.1) is 0 Å². The van der Waals surface area contributed by atoms with Gasteiger partial charge in [-0.25, -0.2) is 9.59 Å². The number of hydrogen-bond donors (Lipinski definition) is 1. The molecule has 2 heterocycles. The van der Waals surface area contributed by atoms with Crippen molar-refractivity contribution in [2.75, 3.05) is 44.6 Å². The molecule has 2 aliphatic heterocycles. The van der Waals surface area contributed by atoms with Gasteiger partial charge in [0.25, 0.3) is 0 Å². The number of nitrogens with one attached hydrogen (secondary N) is 1. The number of urea groups is 1. The molecule has 154 valence electrons. The van der Waals surface area contributed by atoms with Crippen molar-refractivity contribution in [2.45, 2.75) is 45.4 Å². The first-order valence-corrected chi connectivity index (χ1v) is 10.7. The highest BCUT2D eigenvalue weighted by atomic mass is 16.5. The maximum absolute atomic E-state index is 12.5. The predicted octanol–water partition coefficient (Wildman–Crippen LogP) is 3.98. The number of likely N-dealkylation sites (tertiary alicyclic amines) is 2. The van der Waals surface area contributed by atoms with Crippen LogP contribution in [0.1, 0.15) is 55.8 Å². The third-order valence-electron chi connectivity index (χ3n) is 5.76. The lowest BCUT2D eigenvalue weighted by Crippen LogP contribution is -2.43. The molecule has 3 rings (SSSR count). The van der Waals surface area contributed by atoms with E-state index in [0.717, 1.165) is 25.9 Å². The molecule has 1 N–H and O–H groups in total. The minimum absolute atomic E-state index is 0.0582. The summed E-state index contributed by atoms with van der Waals surface area (Å²) in [6.07, 6.45) is 7.55. The van der Waals surface area contributed by atoms with Crippen molar-refractivity contribution in [1.29, 1.82) is 0 Å². The van der Waals surface area contributed by atoms with E-state index in [0.29, 0.717) is 23.8 Å². The number of nitrogens with zero attached hydrogens (tertiary/aromatic N) is 2. The molecule has 1 aromatic carbocycles. The van der Waals surface area contributed by atoms with Crippen molar-refractivity contribution in [1.82, 2.24) is 9.80 Å². The van der Waals surface area contributed by atoms with Gasteiger partial charge in [0.2, 0.25) is 0 Å². The number of anilines is 1. The Kier molecular flexibility index (Phi) is 7.71. The van der Waals surface area contributed by atoms with E-state index >= 15 is 0 Å². The fraction of sp³-hybridized carbons (Fsp3) is 0.636. The molecule has 0 spiro atoms. The van der Waals surface area contributed by atoms with Crippen LogP contribution in [0.2, 0.25) is 0 Å². The van der Waals surface area contributed by atoms with E-state index in [-0.39, 0.29) is 12.0 Å². The van der Waals surface area contributed by atoms with Crippen LogP contribution < -0.4 is 5.32 Å². The Morgan fingerprint density at radius 3 is 2.25 bits per heavy atom. The largest absolute Gasteiger partial charge is 0.462 e. The smallest absolute Gasteiger partial charge is 0.338 e. The van der Waals surface area contributed by atoms with Gasteiger partial charge in [-0.3, -0.25) is 0 Å². The number of carbonyl (C=O) groups excluding carboxylic acids is 2. The quantitative estimate of drug-likeness (QED) is 0.776. The number of piperidine rings is 1. The first kappa shape index (κ1) is 20.6. The molecule has 6 heteroatoms. The van der Waals surface area contributed by atoms with Crippen molar-refractivity contribution in [3.8, 4) is 0 Å². The molecular formula is C22H33N3O3. The second-order valence-electron chi connectivity index (χ2n) is 7.87. The fourth-order valence-electron chi connectivity index (χ4n) is 4.11. The van der Waals surface area contributed by atoms with Crippen LogP contribution in [0.15, 0.2) is 24.3 Å². The Balaban J connectivity index is 1.42. The Morgan fingerprint density at radius 2 is 1.64 bits per heavy atom. The molecule has 0 bridgehead atoms. The van der Waals surface area contributed by atoms with Gasteiger partial charge in [-0.05, 0) is 75.9 Å². The molecule has 0 aromatic heterocycles. The summed E-state index contributed by atoms with van der Waals surface area (Å²) >= 11 is 0. The summed E-state index contributed by atoms with van der Waals surface area (Å²) in [7, 11) is 0. The zero-order chi connectivity index (χ0) is 19.8. The van der Waals surface area contributed by atoms with Crippen LogP contribution in [0, 0.1) is 5.92 Å². The van der Waals surface area contributed by atoms with Gasteiger partial charge >= 0.3 is 12.0 Å². The molecule has 0 saturated carbocycles. The van der Waals surface area contributed by atoms with Crippen molar-refractivity contribution in [3.63, 3.8) is 0 Å². The van der Waals surface area contributed by atoms with E-state index in [1.807, 2.05) is 4.90 Å². The topological polar surface area (TPSA) is 61.9 Å². The summed E-state index contributed by atoms with van der Waals surface area (Å²) in [5.41, 5.74) is 1.19. The van der Waals surface area contributed by atoms with Crippen LogP contribution in [0.25, 0.3) is 0 Å². The molecule has 2 amide bonds. The number of ether oxygens (including phenoxy) is 1. The summed E-state index contributed by atoms with van der Waals surface area (Å²) < 4.78 is 4.98. The van der Waals surface area contributed by atoms with Crippen LogP contribution in [0.4, 0.5) is 10.5 Å². The molecule has 1 aromatic rings. The Labute approximate surface area is 168 Å². The molecule has 2 fully saturated rings. The van der Waals surface area contributed by atoms with Gasteiger partial charge in [-0.1, -0.05) is 12.8 Å². The Bertz CT molecular complexity index is 631. The molecule has 2 aliphatic rings. The van der Waals surface area contributed by atoms with Crippen molar-refractivity contribution < 1.29 is 14.3 Å². The van der Waals surface area contributed by atoms with Crippen LogP contribution in [-0.2, 0) is 4.74 Å². The Morgan fingerprint density at radius 1 is 1.00 bits per heavy atom. The van der Waals surface area contributed by atoms with E-state index < -0.39 is 0 Å². The monoisotopic (exact) mass is 387 g/mol. The molecule has 0 unspecified atom stereocenters. The van der Waals surface area contributed by atoms with E-state index in [4.69, 9.17) is 4.74 Å². The predicted molar refractivity (Wildman–Crippen MR) is 111 cm³/mol. The number of benzene rings is 1. The van der Waals surface area contributed by atoms with Gasteiger partial charge in [0.15, 0.2) is 0 Å². The lowest BCUT2D eigenvalue weighted by atomic mass is 9.96. The third-order valence-corrected chi connectivity index (χ3v) is 5.76. The summed E-state index contributed by atoms with van der Waals surface area (Å²) in [6.45, 7) is 7.42. The molecule has 0 aliphatic carbocycles. The van der Waals surface area contributed by atoms with E-state index in [1.165, 1.54) is 45.3 Å². The molecular weight excluding hydrogens is 354 g/mol. The highest BCUT2D eigenvalue weighted by molar-refractivity contribution is 5.92. The zero-order valence-corrected chi connectivity index (χ0v) is 17.0. The second kappa shape index (κ2) is 10.5. The Hall–Kier alpha value is -2.08. The molecule has 6 nitrogen and oxygen atoms in total. The van der Waals surface area contributed by atoms with Gasteiger partial charge in [-0.2, -0.15) is 0 Å². The maximum Gasteiger partial charge on any atom is 0.338 e. The lowest BCUT2D eigenvalue weighted by molar-refractivity contribution is 0.0526. The van der Waals surface area contributed by atoms with Gasteiger partial charge in [0.1, 0.15) is 0 Å². The number of hydrogen-bond acceptors (Lipinski definition) is 4. The van der Waals surface area contributed by atoms with Crippen LogP contribution in [-0.4, -0.2) is 61.1 Å². The lowest BCUT2D eigenvalue weighted by Gasteiger charge is -2.34. The first-order valence-electron chi connectivity index (χ1n) is 10.7. The van der Waals surface area contributed by atoms with Crippen LogP contribution in [0.5, 0.6) is 0 Å². The van der Waals surface area contributed by atoms with Crippen molar-refractivity contribution in [2.24, 2.45) is 5.92 Å². The number of amides is 2. The normalized spacial score (nSPS) is 19.1. The van der Waals surface area contributed by atoms with Crippen molar-refractivity contribution in [3.05, 3.63) is 29.8 Å². The second-order valence-corrected chi connectivity index (χ2v) is 7.87. The summed E-state index contributed by atoms with van der Waals surface area (Å²) in [5, 5.41) is 2.94. The van der Waals surface area contributed by atoms with E-state index in [1.54, 1.807) is 31.2 Å². The van der Waals surface area contributed by atoms with Gasteiger partial charge in [0.05, 0.1) is 12.2 Å². The summed E-state index contributed by atoms with van der Waals surface area (Å²) in [6, 6.07) is 6.80. The fourth-order valence-corrected chi connectivity index (χ4v) is 4.11. The van der Waals surface area contributed by atoms with Gasteiger partial charge in [0, 0.05) is 25.3 Å². The standard InChI is InChI=1S/C22H33N3O3/c1-2-28-21(26)19-7-9-20(10-8-19)23-22(27)25-15-11-18(12-16-25)17-24-13-5-3-4-6-14-24/h7-10,18H,2-6,11-17H2,1H3,(H,23,27). The molecule has 0 atom stereocenters. The number of esters is 1. The average molecular weight is 388 g/mol.